The molecule has 1 N–H and O–H groups in total. The summed E-state index contributed by atoms with van der Waals surface area (Å²) in [6, 6.07) is 15.0. The Labute approximate surface area is 144 Å². The highest BCUT2D eigenvalue weighted by Crippen LogP contribution is 2.15. The van der Waals surface area contributed by atoms with E-state index in [1.54, 1.807) is 18.2 Å². The SMILES string of the molecule is Cc1ccc([C@H](C)NC(=O)C(C#N)=Cc2cccc(Br)n2)cc1. The van der Waals surface area contributed by atoms with Gasteiger partial charge in [0, 0.05) is 0 Å². The second-order valence-corrected chi connectivity index (χ2v) is 5.97. The first kappa shape index (κ1) is 16.9. The Balaban J connectivity index is 2.14. The highest BCUT2D eigenvalue weighted by Gasteiger charge is 2.14. The summed E-state index contributed by atoms with van der Waals surface area (Å²) in [7, 11) is 0. The first-order valence-corrected chi connectivity index (χ1v) is 7.90. The molecule has 1 amide bonds. The van der Waals surface area contributed by atoms with Gasteiger partial charge in [0.05, 0.1) is 11.7 Å². The zero-order chi connectivity index (χ0) is 16.8. The molecule has 5 heteroatoms. The minimum absolute atomic E-state index is 0.0227. The first-order chi connectivity index (χ1) is 11.0. The fourth-order valence-corrected chi connectivity index (χ4v) is 2.37. The predicted octanol–water partition coefficient (Wildman–Crippen LogP) is 3.94. The summed E-state index contributed by atoms with van der Waals surface area (Å²) in [4.78, 5) is 16.5. The maximum Gasteiger partial charge on any atom is 0.262 e. The third-order valence-electron chi connectivity index (χ3n) is 3.32. The van der Waals surface area contributed by atoms with Crippen LogP contribution in [0.4, 0.5) is 0 Å². The lowest BCUT2D eigenvalue weighted by molar-refractivity contribution is -0.117. The van der Waals surface area contributed by atoms with Crippen molar-refractivity contribution >= 4 is 27.9 Å². The molecule has 0 spiro atoms. The second-order valence-electron chi connectivity index (χ2n) is 5.16. The number of nitrogens with one attached hydrogen (secondary N) is 1. The summed E-state index contributed by atoms with van der Waals surface area (Å²) in [5.74, 6) is -0.414. The van der Waals surface area contributed by atoms with Crippen LogP contribution in [0, 0.1) is 18.3 Å². The Morgan fingerprint density at radius 3 is 2.61 bits per heavy atom. The molecule has 0 bridgehead atoms. The van der Waals surface area contributed by atoms with E-state index in [2.05, 4.69) is 26.2 Å². The zero-order valence-corrected chi connectivity index (χ0v) is 14.5. The molecule has 2 aromatic rings. The number of amides is 1. The van der Waals surface area contributed by atoms with E-state index in [0.717, 1.165) is 11.1 Å². The van der Waals surface area contributed by atoms with Crippen molar-refractivity contribution in [1.82, 2.24) is 10.3 Å². The number of hydrogen-bond acceptors (Lipinski definition) is 3. The Hall–Kier alpha value is -2.45. The Kier molecular flexibility index (Phi) is 5.67. The lowest BCUT2D eigenvalue weighted by Gasteiger charge is -2.14. The van der Waals surface area contributed by atoms with Crippen LogP contribution in [0.1, 0.15) is 29.8 Å². The average molecular weight is 370 g/mol. The number of carbonyl (C=O) groups is 1. The van der Waals surface area contributed by atoms with Crippen molar-refractivity contribution in [3.8, 4) is 6.07 Å². The number of nitriles is 1. The van der Waals surface area contributed by atoms with E-state index < -0.39 is 5.91 Å². The summed E-state index contributed by atoms with van der Waals surface area (Å²) < 4.78 is 0.650. The number of benzene rings is 1. The zero-order valence-electron chi connectivity index (χ0n) is 12.9. The third-order valence-corrected chi connectivity index (χ3v) is 3.76. The molecule has 2 rings (SSSR count). The molecule has 0 aliphatic heterocycles. The van der Waals surface area contributed by atoms with E-state index in [-0.39, 0.29) is 11.6 Å². The fourth-order valence-electron chi connectivity index (χ4n) is 2.01. The van der Waals surface area contributed by atoms with Gasteiger partial charge in [-0.05, 0) is 53.5 Å². The van der Waals surface area contributed by atoms with Gasteiger partial charge in [0.2, 0.25) is 0 Å². The van der Waals surface area contributed by atoms with Crippen molar-refractivity contribution in [2.24, 2.45) is 0 Å². The van der Waals surface area contributed by atoms with E-state index in [1.165, 1.54) is 6.08 Å². The molecule has 1 atom stereocenters. The van der Waals surface area contributed by atoms with Crippen molar-refractivity contribution in [3.05, 3.63) is 69.5 Å². The van der Waals surface area contributed by atoms with Gasteiger partial charge in [0.15, 0.2) is 0 Å². The molecule has 1 aromatic heterocycles. The minimum atomic E-state index is -0.414. The van der Waals surface area contributed by atoms with Gasteiger partial charge in [-0.1, -0.05) is 35.9 Å². The van der Waals surface area contributed by atoms with E-state index in [4.69, 9.17) is 0 Å². The molecular weight excluding hydrogens is 354 g/mol. The molecule has 1 aromatic carbocycles. The lowest BCUT2D eigenvalue weighted by atomic mass is 10.1. The van der Waals surface area contributed by atoms with Gasteiger partial charge in [-0.2, -0.15) is 5.26 Å². The summed E-state index contributed by atoms with van der Waals surface area (Å²) in [6.07, 6.45) is 1.47. The van der Waals surface area contributed by atoms with Gasteiger partial charge in [0.1, 0.15) is 16.2 Å². The van der Waals surface area contributed by atoms with Crippen LogP contribution in [0.3, 0.4) is 0 Å². The highest BCUT2D eigenvalue weighted by molar-refractivity contribution is 9.10. The number of nitrogens with zero attached hydrogens (tertiary/aromatic N) is 2. The van der Waals surface area contributed by atoms with Crippen LogP contribution in [0.15, 0.2) is 52.6 Å². The number of carbonyl (C=O) groups excluding carboxylic acids is 1. The van der Waals surface area contributed by atoms with Gasteiger partial charge in [-0.3, -0.25) is 4.79 Å². The molecule has 0 fully saturated rings. The highest BCUT2D eigenvalue weighted by atomic mass is 79.9. The predicted molar refractivity (Wildman–Crippen MR) is 93.3 cm³/mol. The average Bonchev–Trinajstić information content (AvgIpc) is 2.53. The van der Waals surface area contributed by atoms with Crippen LogP contribution in [0.25, 0.3) is 6.08 Å². The molecule has 0 radical (unpaired) electrons. The van der Waals surface area contributed by atoms with Crippen LogP contribution in [-0.4, -0.2) is 10.9 Å². The maximum absolute atomic E-state index is 12.3. The number of halogens is 1. The topological polar surface area (TPSA) is 65.8 Å². The molecule has 0 unspecified atom stereocenters. The molecule has 0 aliphatic carbocycles. The normalized spacial score (nSPS) is 12.3. The number of rotatable bonds is 4. The summed E-state index contributed by atoms with van der Waals surface area (Å²) in [6.45, 7) is 3.89. The van der Waals surface area contributed by atoms with E-state index in [1.807, 2.05) is 44.2 Å². The number of hydrogen-bond donors (Lipinski definition) is 1. The van der Waals surface area contributed by atoms with Crippen molar-refractivity contribution in [2.45, 2.75) is 19.9 Å². The van der Waals surface area contributed by atoms with Crippen LogP contribution in [0.5, 0.6) is 0 Å². The molecule has 116 valence electrons. The van der Waals surface area contributed by atoms with Crippen molar-refractivity contribution in [3.63, 3.8) is 0 Å². The monoisotopic (exact) mass is 369 g/mol. The van der Waals surface area contributed by atoms with Gasteiger partial charge in [-0.25, -0.2) is 4.98 Å². The van der Waals surface area contributed by atoms with Crippen LogP contribution in [0.2, 0.25) is 0 Å². The van der Waals surface area contributed by atoms with Gasteiger partial charge >= 0.3 is 0 Å². The molecule has 4 nitrogen and oxygen atoms in total. The molecule has 23 heavy (non-hydrogen) atoms. The van der Waals surface area contributed by atoms with Crippen molar-refractivity contribution < 1.29 is 4.79 Å². The van der Waals surface area contributed by atoms with Crippen LogP contribution < -0.4 is 5.32 Å². The summed E-state index contributed by atoms with van der Waals surface area (Å²) in [5.41, 5.74) is 2.72. The molecule has 0 saturated carbocycles. The Bertz CT molecular complexity index is 776. The van der Waals surface area contributed by atoms with Gasteiger partial charge in [0.25, 0.3) is 5.91 Å². The molecule has 1 heterocycles. The lowest BCUT2D eigenvalue weighted by Crippen LogP contribution is -2.27. The van der Waals surface area contributed by atoms with Crippen LogP contribution in [-0.2, 0) is 4.79 Å². The molecular formula is C18H16BrN3O. The Morgan fingerprint density at radius 1 is 1.30 bits per heavy atom. The van der Waals surface area contributed by atoms with E-state index >= 15 is 0 Å². The smallest absolute Gasteiger partial charge is 0.262 e. The summed E-state index contributed by atoms with van der Waals surface area (Å²) >= 11 is 3.26. The quantitative estimate of drug-likeness (QED) is 0.504. The number of aryl methyl sites for hydroxylation is 1. The Morgan fingerprint density at radius 2 is 2.00 bits per heavy atom. The van der Waals surface area contributed by atoms with Crippen LogP contribution >= 0.6 is 15.9 Å². The second kappa shape index (κ2) is 7.70. The largest absolute Gasteiger partial charge is 0.345 e. The number of pyridine rings is 1. The van der Waals surface area contributed by atoms with E-state index in [0.29, 0.717) is 10.3 Å². The van der Waals surface area contributed by atoms with Gasteiger partial charge in [-0.15, -0.1) is 0 Å². The molecule has 0 saturated heterocycles. The number of aromatic nitrogens is 1. The summed E-state index contributed by atoms with van der Waals surface area (Å²) in [5, 5.41) is 12.1. The van der Waals surface area contributed by atoms with Gasteiger partial charge < -0.3 is 5.32 Å². The standard InChI is InChI=1S/C18H16BrN3O/c1-12-6-8-14(9-7-12)13(2)21-18(23)15(11-20)10-16-4-3-5-17(19)22-16/h3-10,13H,1-2H3,(H,21,23)/t13-/m0/s1. The maximum atomic E-state index is 12.3. The first-order valence-electron chi connectivity index (χ1n) is 7.11. The van der Waals surface area contributed by atoms with E-state index in [9.17, 15) is 10.1 Å². The van der Waals surface area contributed by atoms with Crippen molar-refractivity contribution in [2.75, 3.05) is 0 Å². The fraction of sp³-hybridized carbons (Fsp3) is 0.167. The van der Waals surface area contributed by atoms with Crippen molar-refractivity contribution in [1.29, 1.82) is 5.26 Å². The minimum Gasteiger partial charge on any atom is -0.345 e. The molecule has 0 aliphatic rings. The third kappa shape index (κ3) is 4.76.